The van der Waals surface area contributed by atoms with Gasteiger partial charge in [0.2, 0.25) is 0 Å². The SMILES string of the molecule is Cc1cccc([Se][Se]c2ccccc2)c1. The standard InChI is InChI=1S/C13H12Se2/c1-11-6-5-9-13(10-11)15-14-12-7-3-2-4-8-12/h2-10H,1H3. The summed E-state index contributed by atoms with van der Waals surface area (Å²) < 4.78 is 3.03. The van der Waals surface area contributed by atoms with E-state index >= 15 is 0 Å². The van der Waals surface area contributed by atoms with Crippen LogP contribution in [-0.2, 0) is 0 Å². The molecule has 15 heavy (non-hydrogen) atoms. The molecule has 0 aromatic heterocycles. The van der Waals surface area contributed by atoms with Crippen LogP contribution in [0.25, 0.3) is 0 Å². The molecule has 0 saturated carbocycles. The van der Waals surface area contributed by atoms with Gasteiger partial charge in [-0.3, -0.25) is 0 Å². The number of aryl methyl sites for hydroxylation is 1. The Morgan fingerprint density at radius 3 is 2.13 bits per heavy atom. The first-order chi connectivity index (χ1) is 7.34. The molecular formula is C13H12Se2. The van der Waals surface area contributed by atoms with Gasteiger partial charge in [-0.25, -0.2) is 0 Å². The Labute approximate surface area is 102 Å². The summed E-state index contributed by atoms with van der Waals surface area (Å²) >= 11 is 1.25. The van der Waals surface area contributed by atoms with E-state index in [9.17, 15) is 0 Å². The van der Waals surface area contributed by atoms with Crippen molar-refractivity contribution in [3.05, 3.63) is 60.2 Å². The van der Waals surface area contributed by atoms with E-state index in [4.69, 9.17) is 0 Å². The second-order valence-electron chi connectivity index (χ2n) is 3.30. The fourth-order valence-electron chi connectivity index (χ4n) is 1.24. The fourth-order valence-corrected chi connectivity index (χ4v) is 7.42. The number of hydrogen-bond acceptors (Lipinski definition) is 0. The molecule has 2 aromatic rings. The number of benzene rings is 2. The van der Waals surface area contributed by atoms with Crippen LogP contribution in [0.3, 0.4) is 0 Å². The zero-order valence-electron chi connectivity index (χ0n) is 8.51. The predicted molar refractivity (Wildman–Crippen MR) is 68.4 cm³/mol. The van der Waals surface area contributed by atoms with Gasteiger partial charge in [-0.05, 0) is 0 Å². The molecule has 0 fully saturated rings. The van der Waals surface area contributed by atoms with E-state index in [1.165, 1.54) is 14.5 Å². The zero-order valence-corrected chi connectivity index (χ0v) is 11.9. The molecule has 76 valence electrons. The quantitative estimate of drug-likeness (QED) is 0.746. The Morgan fingerprint density at radius 2 is 1.40 bits per heavy atom. The van der Waals surface area contributed by atoms with Crippen molar-refractivity contribution in [3.63, 3.8) is 0 Å². The summed E-state index contributed by atoms with van der Waals surface area (Å²) in [4.78, 5) is 0. The first-order valence-corrected chi connectivity index (χ1v) is 10.9. The monoisotopic (exact) mass is 328 g/mol. The van der Waals surface area contributed by atoms with Gasteiger partial charge in [-0.15, -0.1) is 0 Å². The molecule has 0 atom stereocenters. The third-order valence-electron chi connectivity index (χ3n) is 1.97. The Hall–Kier alpha value is -0.521. The van der Waals surface area contributed by atoms with Crippen LogP contribution in [0, 0.1) is 6.92 Å². The van der Waals surface area contributed by atoms with E-state index in [-0.39, 0.29) is 0 Å². The normalized spacial score (nSPS) is 10.2. The fraction of sp³-hybridized carbons (Fsp3) is 0.0769. The minimum atomic E-state index is 0.625. The first-order valence-electron chi connectivity index (χ1n) is 4.81. The summed E-state index contributed by atoms with van der Waals surface area (Å²) in [5.41, 5.74) is 1.37. The van der Waals surface area contributed by atoms with Gasteiger partial charge >= 0.3 is 102 Å². The van der Waals surface area contributed by atoms with Crippen molar-refractivity contribution in [2.24, 2.45) is 0 Å². The summed E-state index contributed by atoms with van der Waals surface area (Å²) in [6.07, 6.45) is 0. The Bertz CT molecular complexity index is 424. The molecule has 0 aliphatic carbocycles. The molecule has 0 spiro atoms. The van der Waals surface area contributed by atoms with Crippen LogP contribution >= 0.6 is 0 Å². The van der Waals surface area contributed by atoms with Crippen molar-refractivity contribution >= 4 is 35.2 Å². The molecule has 0 aliphatic rings. The third-order valence-corrected chi connectivity index (χ3v) is 9.16. The Kier molecular flexibility index (Phi) is 4.05. The molecule has 2 heteroatoms. The molecule has 2 aromatic carbocycles. The van der Waals surface area contributed by atoms with Crippen molar-refractivity contribution in [1.82, 2.24) is 0 Å². The minimum absolute atomic E-state index is 0.625. The molecule has 0 N–H and O–H groups in total. The summed E-state index contributed by atoms with van der Waals surface area (Å²) in [7, 11) is 0. The average molecular weight is 326 g/mol. The molecule has 0 amide bonds. The third kappa shape index (κ3) is 3.51. The second-order valence-corrected chi connectivity index (χ2v) is 9.61. The van der Waals surface area contributed by atoms with Gasteiger partial charge < -0.3 is 0 Å². The van der Waals surface area contributed by atoms with E-state index in [2.05, 4.69) is 61.5 Å². The van der Waals surface area contributed by atoms with E-state index in [0.717, 1.165) is 0 Å². The zero-order chi connectivity index (χ0) is 10.5. The van der Waals surface area contributed by atoms with Crippen LogP contribution in [-0.4, -0.2) is 26.3 Å². The Balaban J connectivity index is 1.99. The Morgan fingerprint density at radius 1 is 0.733 bits per heavy atom. The van der Waals surface area contributed by atoms with E-state index in [1.807, 2.05) is 0 Å². The van der Waals surface area contributed by atoms with Crippen molar-refractivity contribution in [1.29, 1.82) is 0 Å². The van der Waals surface area contributed by atoms with Gasteiger partial charge in [0.15, 0.2) is 0 Å². The number of hydrogen-bond donors (Lipinski definition) is 0. The molecule has 0 unspecified atom stereocenters. The van der Waals surface area contributed by atoms with Gasteiger partial charge in [0.25, 0.3) is 0 Å². The molecule has 0 radical (unpaired) electrons. The second kappa shape index (κ2) is 5.53. The number of rotatable bonds is 3. The van der Waals surface area contributed by atoms with E-state index in [0.29, 0.717) is 26.3 Å². The predicted octanol–water partition coefficient (Wildman–Crippen LogP) is 1.27. The van der Waals surface area contributed by atoms with E-state index < -0.39 is 0 Å². The first kappa shape index (κ1) is 11.0. The molecule has 0 nitrogen and oxygen atoms in total. The van der Waals surface area contributed by atoms with Gasteiger partial charge in [0.05, 0.1) is 0 Å². The van der Waals surface area contributed by atoms with Crippen LogP contribution < -0.4 is 8.92 Å². The van der Waals surface area contributed by atoms with Crippen molar-refractivity contribution in [2.45, 2.75) is 6.92 Å². The summed E-state index contributed by atoms with van der Waals surface area (Å²) in [6.45, 7) is 2.16. The van der Waals surface area contributed by atoms with Gasteiger partial charge in [-0.2, -0.15) is 0 Å². The van der Waals surface area contributed by atoms with Crippen LogP contribution in [0.4, 0.5) is 0 Å². The topological polar surface area (TPSA) is 0 Å². The van der Waals surface area contributed by atoms with Crippen LogP contribution in [0.2, 0.25) is 0 Å². The molecule has 2 rings (SSSR count). The van der Waals surface area contributed by atoms with Gasteiger partial charge in [-0.1, -0.05) is 0 Å². The van der Waals surface area contributed by atoms with Crippen LogP contribution in [0.1, 0.15) is 5.56 Å². The summed E-state index contributed by atoms with van der Waals surface area (Å²) in [6, 6.07) is 19.7. The maximum absolute atomic E-state index is 2.31. The summed E-state index contributed by atoms with van der Waals surface area (Å²) in [5, 5.41) is 0. The molecule has 0 bridgehead atoms. The summed E-state index contributed by atoms with van der Waals surface area (Å²) in [5.74, 6) is 0. The molecule has 0 aliphatic heterocycles. The van der Waals surface area contributed by atoms with Crippen molar-refractivity contribution < 1.29 is 0 Å². The van der Waals surface area contributed by atoms with E-state index in [1.54, 1.807) is 0 Å². The van der Waals surface area contributed by atoms with Crippen molar-refractivity contribution in [2.75, 3.05) is 0 Å². The van der Waals surface area contributed by atoms with Crippen LogP contribution in [0.5, 0.6) is 0 Å². The van der Waals surface area contributed by atoms with Gasteiger partial charge in [0.1, 0.15) is 0 Å². The molecular weight excluding hydrogens is 314 g/mol. The average Bonchev–Trinajstić information content (AvgIpc) is 2.28. The van der Waals surface area contributed by atoms with Gasteiger partial charge in [0, 0.05) is 0 Å². The maximum atomic E-state index is 2.31. The van der Waals surface area contributed by atoms with Crippen LogP contribution in [0.15, 0.2) is 54.6 Å². The molecule has 0 heterocycles. The molecule has 0 saturated heterocycles. The van der Waals surface area contributed by atoms with Crippen molar-refractivity contribution in [3.8, 4) is 0 Å².